The Morgan fingerprint density at radius 1 is 1.21 bits per heavy atom. The van der Waals surface area contributed by atoms with Crippen molar-refractivity contribution < 1.29 is 37.8 Å². The van der Waals surface area contributed by atoms with E-state index < -0.39 is 17.7 Å². The van der Waals surface area contributed by atoms with E-state index in [-0.39, 0.29) is 42.5 Å². The van der Waals surface area contributed by atoms with Crippen LogP contribution >= 0.6 is 0 Å². The zero-order valence-electron chi connectivity index (χ0n) is 24.9. The van der Waals surface area contributed by atoms with Crippen molar-refractivity contribution in [1.82, 2.24) is 0 Å². The molecule has 9 heteroatoms. The van der Waals surface area contributed by atoms with Crippen molar-refractivity contribution in [3.63, 3.8) is 0 Å². The molecule has 1 heterocycles. The van der Waals surface area contributed by atoms with Crippen LogP contribution in [0, 0.1) is 17.3 Å². The number of unbranched alkanes of at least 4 members (excludes halogenated alkanes) is 1. The summed E-state index contributed by atoms with van der Waals surface area (Å²) in [7, 11) is 1.09. The van der Waals surface area contributed by atoms with E-state index in [4.69, 9.17) is 28.3 Å². The van der Waals surface area contributed by atoms with Crippen LogP contribution in [0.3, 0.4) is 0 Å². The highest BCUT2D eigenvalue weighted by molar-refractivity contribution is 6.45. The van der Waals surface area contributed by atoms with Crippen LogP contribution in [0.25, 0.3) is 0 Å². The average molecular weight is 544 g/mol. The second-order valence-electron chi connectivity index (χ2n) is 12.8. The van der Waals surface area contributed by atoms with Crippen LogP contribution in [0.15, 0.2) is 12.1 Å². The monoisotopic (exact) mass is 544 g/mol. The Bertz CT molecular complexity index is 1070. The number of methoxy groups -OCH3 is 1. The van der Waals surface area contributed by atoms with Gasteiger partial charge in [-0.2, -0.15) is 0 Å². The van der Waals surface area contributed by atoms with Crippen LogP contribution in [-0.2, 0) is 25.2 Å². The second kappa shape index (κ2) is 11.3. The molecule has 1 aliphatic heterocycles. The molecule has 0 aromatic heterocycles. The molecule has 3 aliphatic rings. The predicted octanol–water partition coefficient (Wildman–Crippen LogP) is 6.63. The van der Waals surface area contributed by atoms with Gasteiger partial charge in [0.1, 0.15) is 16.9 Å². The molecule has 216 valence electrons. The number of carbonyl (C=O) groups is 2. The molecule has 0 N–H and O–H groups in total. The molecule has 0 spiro atoms. The number of hydrogen-bond acceptors (Lipinski definition) is 8. The quantitative estimate of drug-likeness (QED) is 0.148. The fourth-order valence-electron chi connectivity index (χ4n) is 6.61. The van der Waals surface area contributed by atoms with Gasteiger partial charge in [0, 0.05) is 0 Å². The molecule has 3 fully saturated rings. The number of esters is 1. The standard InChI is InChI=1S/C30H45BO8/c1-9-10-17-35-26(32)24-21(34-8)12-11-20(25(24)36-27(33)37-28(3,4)5)14-16-31-38-23-13-15-29(6)19(2)18-22(29)30(23,7)39-31/h11-12,19,22-23H,9-10,13-18H2,1-8H3. The lowest BCUT2D eigenvalue weighted by molar-refractivity contribution is -0.184. The Kier molecular flexibility index (Phi) is 8.63. The summed E-state index contributed by atoms with van der Waals surface area (Å²) in [6, 6.07) is 3.50. The van der Waals surface area contributed by atoms with Crippen LogP contribution in [-0.4, -0.2) is 50.3 Å². The van der Waals surface area contributed by atoms with E-state index >= 15 is 0 Å². The largest absolute Gasteiger partial charge is 0.514 e. The van der Waals surface area contributed by atoms with Crippen molar-refractivity contribution in [3.05, 3.63) is 23.3 Å². The molecule has 4 rings (SSSR count). The highest BCUT2D eigenvalue weighted by Gasteiger charge is 2.65. The van der Waals surface area contributed by atoms with Gasteiger partial charge in [-0.1, -0.05) is 33.3 Å². The maximum atomic E-state index is 13.2. The number of hydrogen-bond donors (Lipinski definition) is 0. The van der Waals surface area contributed by atoms with Crippen molar-refractivity contribution >= 4 is 19.2 Å². The first-order valence-electron chi connectivity index (χ1n) is 14.4. The summed E-state index contributed by atoms with van der Waals surface area (Å²) in [5.74, 6) is 0.938. The molecule has 0 amide bonds. The lowest BCUT2D eigenvalue weighted by Crippen LogP contribution is -2.63. The molecule has 2 aliphatic carbocycles. The summed E-state index contributed by atoms with van der Waals surface area (Å²) in [6.07, 6.45) is 5.11. The Morgan fingerprint density at radius 3 is 2.59 bits per heavy atom. The molecular formula is C30H45BO8. The van der Waals surface area contributed by atoms with E-state index in [9.17, 15) is 9.59 Å². The number of fused-ring (bicyclic) bond motifs is 3. The topological polar surface area (TPSA) is 89.5 Å². The van der Waals surface area contributed by atoms with Gasteiger partial charge < -0.3 is 28.3 Å². The number of carbonyl (C=O) groups excluding carboxylic acids is 2. The zero-order chi connectivity index (χ0) is 28.6. The van der Waals surface area contributed by atoms with Gasteiger partial charge in [-0.3, -0.25) is 0 Å². The van der Waals surface area contributed by atoms with Gasteiger partial charge in [-0.15, -0.1) is 0 Å². The van der Waals surface area contributed by atoms with E-state index in [1.807, 2.05) is 6.92 Å². The summed E-state index contributed by atoms with van der Waals surface area (Å²) in [4.78, 5) is 25.9. The van der Waals surface area contributed by atoms with Crippen LogP contribution in [0.1, 0.15) is 96.5 Å². The number of benzene rings is 1. The van der Waals surface area contributed by atoms with Gasteiger partial charge in [0.15, 0.2) is 5.75 Å². The first kappa shape index (κ1) is 29.7. The van der Waals surface area contributed by atoms with Gasteiger partial charge in [0.25, 0.3) is 0 Å². The smallest absolute Gasteiger partial charge is 0.496 e. The summed E-state index contributed by atoms with van der Waals surface area (Å²) in [5.41, 5.74) is -0.0267. The molecule has 5 atom stereocenters. The van der Waals surface area contributed by atoms with Crippen molar-refractivity contribution in [1.29, 1.82) is 0 Å². The number of rotatable bonds is 9. The Hall–Kier alpha value is -2.26. The van der Waals surface area contributed by atoms with Crippen LogP contribution in [0.5, 0.6) is 11.5 Å². The Balaban J connectivity index is 1.56. The third-order valence-corrected chi connectivity index (χ3v) is 9.07. The van der Waals surface area contributed by atoms with E-state index in [2.05, 4.69) is 20.8 Å². The molecule has 1 aromatic carbocycles. The lowest BCUT2D eigenvalue weighted by Gasteiger charge is -2.63. The van der Waals surface area contributed by atoms with Crippen molar-refractivity contribution in [3.8, 4) is 11.5 Å². The molecule has 1 saturated heterocycles. The fraction of sp³-hybridized carbons (Fsp3) is 0.733. The minimum absolute atomic E-state index is 0.0741. The van der Waals surface area contributed by atoms with Crippen LogP contribution in [0.4, 0.5) is 4.79 Å². The molecule has 2 saturated carbocycles. The first-order valence-corrected chi connectivity index (χ1v) is 14.4. The molecular weight excluding hydrogens is 499 g/mol. The number of ether oxygens (including phenoxy) is 4. The Morgan fingerprint density at radius 2 is 1.95 bits per heavy atom. The molecule has 39 heavy (non-hydrogen) atoms. The minimum Gasteiger partial charge on any atom is -0.496 e. The van der Waals surface area contributed by atoms with Crippen molar-refractivity contribution in [2.45, 2.75) is 111 Å². The van der Waals surface area contributed by atoms with Crippen LogP contribution in [0.2, 0.25) is 6.32 Å². The van der Waals surface area contributed by atoms with Crippen LogP contribution < -0.4 is 9.47 Å². The summed E-state index contributed by atoms with van der Waals surface area (Å²) in [5, 5.41) is 0. The normalized spacial score (nSPS) is 29.6. The highest BCUT2D eigenvalue weighted by Crippen LogP contribution is 2.65. The van der Waals surface area contributed by atoms with Crippen molar-refractivity contribution in [2.24, 2.45) is 17.3 Å². The van der Waals surface area contributed by atoms with E-state index in [0.717, 1.165) is 32.1 Å². The third kappa shape index (κ3) is 5.94. The van der Waals surface area contributed by atoms with Gasteiger partial charge in [-0.05, 0) is 95.0 Å². The summed E-state index contributed by atoms with van der Waals surface area (Å²) >= 11 is 0. The maximum Gasteiger partial charge on any atom is 0.514 e. The highest BCUT2D eigenvalue weighted by atomic mass is 16.7. The molecule has 1 aromatic rings. The lowest BCUT2D eigenvalue weighted by atomic mass is 9.44. The van der Waals surface area contributed by atoms with Gasteiger partial charge in [0.2, 0.25) is 0 Å². The van der Waals surface area contributed by atoms with E-state index in [1.54, 1.807) is 32.9 Å². The van der Waals surface area contributed by atoms with E-state index in [1.165, 1.54) is 7.11 Å². The average Bonchev–Trinajstić information content (AvgIpc) is 3.19. The SMILES string of the molecule is CCCCOC(=O)c1c(OC)ccc(CCB2OC3CCC4(C)C(C)CC4C3(C)O2)c1OC(=O)OC(C)(C)C. The van der Waals surface area contributed by atoms with Gasteiger partial charge in [-0.25, -0.2) is 9.59 Å². The predicted molar refractivity (Wildman–Crippen MR) is 148 cm³/mol. The first-order chi connectivity index (χ1) is 18.3. The molecule has 5 unspecified atom stereocenters. The maximum absolute atomic E-state index is 13.2. The fourth-order valence-corrected chi connectivity index (χ4v) is 6.61. The Labute approximate surface area is 233 Å². The van der Waals surface area contributed by atoms with E-state index in [0.29, 0.717) is 35.6 Å². The van der Waals surface area contributed by atoms with Crippen molar-refractivity contribution in [2.75, 3.05) is 13.7 Å². The molecule has 0 bridgehead atoms. The molecule has 8 nitrogen and oxygen atoms in total. The third-order valence-electron chi connectivity index (χ3n) is 9.07. The van der Waals surface area contributed by atoms with Gasteiger partial charge in [0.05, 0.1) is 25.4 Å². The number of aryl methyl sites for hydroxylation is 1. The van der Waals surface area contributed by atoms with Gasteiger partial charge >= 0.3 is 19.2 Å². The summed E-state index contributed by atoms with van der Waals surface area (Å²) < 4.78 is 35.1. The second-order valence-corrected chi connectivity index (χ2v) is 12.8. The summed E-state index contributed by atoms with van der Waals surface area (Å²) in [6.45, 7) is 14.5. The minimum atomic E-state index is -0.898. The zero-order valence-corrected chi connectivity index (χ0v) is 24.9. The molecule has 0 radical (unpaired) electrons.